The lowest BCUT2D eigenvalue weighted by atomic mass is 10.2. The van der Waals surface area contributed by atoms with Crippen molar-refractivity contribution >= 4 is 11.8 Å². The highest BCUT2D eigenvalue weighted by molar-refractivity contribution is 7.97. The van der Waals surface area contributed by atoms with Crippen molar-refractivity contribution in [2.75, 3.05) is 6.26 Å². The fourth-order valence-corrected chi connectivity index (χ4v) is 1.48. The normalized spacial score (nSPS) is 8.91. The molecule has 1 aromatic rings. The van der Waals surface area contributed by atoms with Gasteiger partial charge in [-0.15, -0.1) is 0 Å². The van der Waals surface area contributed by atoms with Crippen molar-refractivity contribution in [1.29, 1.82) is 0 Å². The standard InChI is InChI=1S/C9H12S.H3N/c1-8-4-3-5-9(6-8)7-10-2;/h3-6H,7H2,1-2H3;1H3. The minimum atomic E-state index is 0. The van der Waals surface area contributed by atoms with E-state index in [9.17, 15) is 0 Å². The highest BCUT2D eigenvalue weighted by atomic mass is 32.2. The van der Waals surface area contributed by atoms with Gasteiger partial charge in [-0.05, 0) is 18.7 Å². The molecule has 0 amide bonds. The fourth-order valence-electron chi connectivity index (χ4n) is 0.969. The Labute approximate surface area is 72.8 Å². The summed E-state index contributed by atoms with van der Waals surface area (Å²) in [7, 11) is 0. The van der Waals surface area contributed by atoms with Crippen molar-refractivity contribution in [3.8, 4) is 0 Å². The van der Waals surface area contributed by atoms with E-state index in [1.165, 1.54) is 11.1 Å². The smallest absolute Gasteiger partial charge is 0.0181 e. The molecule has 1 rings (SSSR count). The first kappa shape index (κ1) is 10.5. The predicted octanol–water partition coefficient (Wildman–Crippen LogP) is 3.02. The van der Waals surface area contributed by atoms with E-state index < -0.39 is 0 Å². The summed E-state index contributed by atoms with van der Waals surface area (Å²) in [5.41, 5.74) is 2.78. The van der Waals surface area contributed by atoms with Crippen LogP contribution >= 0.6 is 11.8 Å². The molecule has 2 heteroatoms. The lowest BCUT2D eigenvalue weighted by molar-refractivity contribution is 1.36. The van der Waals surface area contributed by atoms with Gasteiger partial charge in [0, 0.05) is 5.75 Å². The molecular formula is C9H15NS. The highest BCUT2D eigenvalue weighted by Crippen LogP contribution is 2.09. The number of hydrogen-bond acceptors (Lipinski definition) is 2. The average molecular weight is 169 g/mol. The molecule has 1 aromatic carbocycles. The maximum Gasteiger partial charge on any atom is 0.0181 e. The van der Waals surface area contributed by atoms with E-state index in [1.54, 1.807) is 0 Å². The zero-order valence-electron chi connectivity index (χ0n) is 7.13. The molecule has 0 aromatic heterocycles. The van der Waals surface area contributed by atoms with Gasteiger partial charge < -0.3 is 6.15 Å². The number of rotatable bonds is 2. The zero-order chi connectivity index (χ0) is 7.40. The molecule has 0 atom stereocenters. The molecule has 3 N–H and O–H groups in total. The molecule has 0 bridgehead atoms. The topological polar surface area (TPSA) is 35.0 Å². The molecule has 0 fully saturated rings. The number of aryl methyl sites for hydroxylation is 1. The van der Waals surface area contributed by atoms with Crippen molar-refractivity contribution in [2.24, 2.45) is 0 Å². The number of hydrogen-bond donors (Lipinski definition) is 1. The Bertz CT molecular complexity index is 210. The second-order valence-corrected chi connectivity index (χ2v) is 3.29. The van der Waals surface area contributed by atoms with E-state index in [-0.39, 0.29) is 6.15 Å². The van der Waals surface area contributed by atoms with E-state index in [0.29, 0.717) is 0 Å². The largest absolute Gasteiger partial charge is 0.344 e. The molecular weight excluding hydrogens is 154 g/mol. The van der Waals surface area contributed by atoms with Crippen LogP contribution in [0.25, 0.3) is 0 Å². The van der Waals surface area contributed by atoms with Gasteiger partial charge in [-0.1, -0.05) is 29.8 Å². The van der Waals surface area contributed by atoms with E-state index in [4.69, 9.17) is 0 Å². The van der Waals surface area contributed by atoms with Crippen LogP contribution in [0.1, 0.15) is 11.1 Å². The third-order valence-electron chi connectivity index (χ3n) is 1.39. The maximum atomic E-state index is 2.23. The molecule has 1 nitrogen and oxygen atoms in total. The molecule has 0 unspecified atom stereocenters. The summed E-state index contributed by atoms with van der Waals surface area (Å²) >= 11 is 1.86. The SMILES string of the molecule is CSCc1cccc(C)c1.N. The number of benzene rings is 1. The Balaban J connectivity index is 0.000001000. The molecule has 0 aliphatic carbocycles. The van der Waals surface area contributed by atoms with Gasteiger partial charge in [0.1, 0.15) is 0 Å². The van der Waals surface area contributed by atoms with Crippen LogP contribution in [0.15, 0.2) is 24.3 Å². The van der Waals surface area contributed by atoms with Crippen molar-refractivity contribution in [3.63, 3.8) is 0 Å². The van der Waals surface area contributed by atoms with Crippen LogP contribution in [0.2, 0.25) is 0 Å². The van der Waals surface area contributed by atoms with E-state index in [0.717, 1.165) is 5.75 Å². The first-order valence-electron chi connectivity index (χ1n) is 3.37. The molecule has 0 saturated heterocycles. The summed E-state index contributed by atoms with van der Waals surface area (Å²) in [5.74, 6) is 1.13. The lowest BCUT2D eigenvalue weighted by Crippen LogP contribution is -1.79. The van der Waals surface area contributed by atoms with Crippen LogP contribution in [0.3, 0.4) is 0 Å². The Morgan fingerprint density at radius 2 is 2.09 bits per heavy atom. The Hall–Kier alpha value is -0.470. The van der Waals surface area contributed by atoms with E-state index in [2.05, 4.69) is 37.4 Å². The molecule has 0 aliphatic heterocycles. The van der Waals surface area contributed by atoms with Crippen LogP contribution in [0.4, 0.5) is 0 Å². The second-order valence-electron chi connectivity index (χ2n) is 2.42. The van der Waals surface area contributed by atoms with Crippen LogP contribution < -0.4 is 6.15 Å². The van der Waals surface area contributed by atoms with Gasteiger partial charge in [0.25, 0.3) is 0 Å². The summed E-state index contributed by atoms with van der Waals surface area (Å²) in [6.45, 7) is 2.13. The lowest BCUT2D eigenvalue weighted by Gasteiger charge is -1.97. The van der Waals surface area contributed by atoms with Crippen LogP contribution in [-0.2, 0) is 5.75 Å². The van der Waals surface area contributed by atoms with E-state index >= 15 is 0 Å². The van der Waals surface area contributed by atoms with Gasteiger partial charge in [0.05, 0.1) is 0 Å². The summed E-state index contributed by atoms with van der Waals surface area (Å²) in [6, 6.07) is 8.64. The molecule has 62 valence electrons. The molecule has 0 saturated carbocycles. The van der Waals surface area contributed by atoms with Gasteiger partial charge in [-0.2, -0.15) is 11.8 Å². The zero-order valence-corrected chi connectivity index (χ0v) is 7.95. The summed E-state index contributed by atoms with van der Waals surface area (Å²) < 4.78 is 0. The highest BCUT2D eigenvalue weighted by Gasteiger charge is 1.89. The van der Waals surface area contributed by atoms with Gasteiger partial charge in [-0.25, -0.2) is 0 Å². The van der Waals surface area contributed by atoms with Gasteiger partial charge in [-0.3, -0.25) is 0 Å². The van der Waals surface area contributed by atoms with Crippen molar-refractivity contribution in [1.82, 2.24) is 6.15 Å². The molecule has 0 aliphatic rings. The Kier molecular flexibility index (Phi) is 4.99. The maximum absolute atomic E-state index is 2.23. The first-order chi connectivity index (χ1) is 4.83. The molecule has 0 spiro atoms. The molecule has 0 heterocycles. The summed E-state index contributed by atoms with van der Waals surface area (Å²) in [6.07, 6.45) is 2.13. The molecule has 0 radical (unpaired) electrons. The van der Waals surface area contributed by atoms with Crippen molar-refractivity contribution in [2.45, 2.75) is 12.7 Å². The fraction of sp³-hybridized carbons (Fsp3) is 0.333. The van der Waals surface area contributed by atoms with Crippen molar-refractivity contribution in [3.05, 3.63) is 35.4 Å². The monoisotopic (exact) mass is 169 g/mol. The van der Waals surface area contributed by atoms with Gasteiger partial charge >= 0.3 is 0 Å². The van der Waals surface area contributed by atoms with Crippen LogP contribution in [-0.4, -0.2) is 6.26 Å². The van der Waals surface area contributed by atoms with Crippen LogP contribution in [0.5, 0.6) is 0 Å². The Morgan fingerprint density at radius 3 is 2.64 bits per heavy atom. The average Bonchev–Trinajstić information content (AvgIpc) is 1.88. The molecule has 11 heavy (non-hydrogen) atoms. The van der Waals surface area contributed by atoms with Gasteiger partial charge in [0.15, 0.2) is 0 Å². The number of thioether (sulfide) groups is 1. The van der Waals surface area contributed by atoms with Crippen molar-refractivity contribution < 1.29 is 0 Å². The minimum absolute atomic E-state index is 0. The summed E-state index contributed by atoms with van der Waals surface area (Å²) in [5, 5.41) is 0. The quantitative estimate of drug-likeness (QED) is 0.738. The predicted molar refractivity (Wildman–Crippen MR) is 53.4 cm³/mol. The minimum Gasteiger partial charge on any atom is -0.344 e. The first-order valence-corrected chi connectivity index (χ1v) is 4.77. The van der Waals surface area contributed by atoms with Crippen LogP contribution in [0, 0.1) is 6.92 Å². The van der Waals surface area contributed by atoms with E-state index in [1.807, 2.05) is 11.8 Å². The van der Waals surface area contributed by atoms with Gasteiger partial charge in [0.2, 0.25) is 0 Å². The third-order valence-corrected chi connectivity index (χ3v) is 2.02. The summed E-state index contributed by atoms with van der Waals surface area (Å²) in [4.78, 5) is 0. The third kappa shape index (κ3) is 3.44. The Morgan fingerprint density at radius 1 is 1.36 bits per heavy atom. The second kappa shape index (κ2) is 5.22.